The van der Waals surface area contributed by atoms with Crippen LogP contribution < -0.4 is 5.73 Å². The van der Waals surface area contributed by atoms with Gasteiger partial charge in [-0.05, 0) is 18.6 Å². The molecule has 122 valence electrons. The van der Waals surface area contributed by atoms with Crippen LogP contribution >= 0.6 is 0 Å². The van der Waals surface area contributed by atoms with E-state index < -0.39 is 60.1 Å². The van der Waals surface area contributed by atoms with Crippen LogP contribution in [0.25, 0.3) is 0 Å². The van der Waals surface area contributed by atoms with Crippen molar-refractivity contribution >= 4 is 11.8 Å². The van der Waals surface area contributed by atoms with E-state index in [1.54, 1.807) is 0 Å². The van der Waals surface area contributed by atoms with Gasteiger partial charge in [0.15, 0.2) is 17.2 Å². The summed E-state index contributed by atoms with van der Waals surface area (Å²) in [7, 11) is 0. The Hall–Kier alpha value is -2.06. The van der Waals surface area contributed by atoms with Gasteiger partial charge >= 0.3 is 6.09 Å². The van der Waals surface area contributed by atoms with Crippen molar-refractivity contribution in [1.29, 1.82) is 0 Å². The third-order valence-electron chi connectivity index (χ3n) is 3.86. The van der Waals surface area contributed by atoms with Crippen LogP contribution in [-0.2, 0) is 5.54 Å². The number of hydrogen-bond donors (Lipinski definition) is 2. The van der Waals surface area contributed by atoms with E-state index in [0.29, 0.717) is 12.1 Å². The van der Waals surface area contributed by atoms with Gasteiger partial charge in [-0.1, -0.05) is 0 Å². The van der Waals surface area contributed by atoms with Gasteiger partial charge in [0.25, 0.3) is 5.92 Å². The lowest BCUT2D eigenvalue weighted by atomic mass is 9.77. The number of piperidine rings is 1. The van der Waals surface area contributed by atoms with Crippen LogP contribution in [0.5, 0.6) is 0 Å². The number of nitrogen functional groups attached to an aromatic ring is 1. The molecule has 0 radical (unpaired) electrons. The molecule has 1 aromatic carbocycles. The van der Waals surface area contributed by atoms with Crippen molar-refractivity contribution in [3.8, 4) is 0 Å². The molecule has 1 amide bonds. The van der Waals surface area contributed by atoms with E-state index >= 15 is 0 Å². The Morgan fingerprint density at radius 2 is 2.00 bits per heavy atom. The van der Waals surface area contributed by atoms with Crippen molar-refractivity contribution < 1.29 is 31.9 Å². The molecule has 0 aromatic heterocycles. The number of amides is 1. The van der Waals surface area contributed by atoms with Crippen molar-refractivity contribution in [3.05, 3.63) is 29.3 Å². The van der Waals surface area contributed by atoms with Gasteiger partial charge in [-0.25, -0.2) is 26.7 Å². The molecule has 1 atom stereocenters. The zero-order chi connectivity index (χ0) is 16.7. The molecule has 3 N–H and O–H groups in total. The number of benzene rings is 1. The van der Waals surface area contributed by atoms with E-state index in [4.69, 9.17) is 10.8 Å². The second kappa shape index (κ2) is 5.29. The quantitative estimate of drug-likeness (QED) is 0.649. The van der Waals surface area contributed by atoms with E-state index in [1.165, 1.54) is 0 Å². The van der Waals surface area contributed by atoms with E-state index in [1.807, 2.05) is 0 Å². The van der Waals surface area contributed by atoms with Crippen LogP contribution in [0.15, 0.2) is 12.1 Å². The van der Waals surface area contributed by atoms with Crippen molar-refractivity contribution in [1.82, 2.24) is 4.90 Å². The van der Waals surface area contributed by atoms with Gasteiger partial charge < -0.3 is 10.8 Å². The maximum Gasteiger partial charge on any atom is 0.408 e. The average molecular weight is 324 g/mol. The standard InChI is InChI=1S/C13H13F5N2O2/c14-6-12(8-4-7(19)5-9(15)10(8)16)13(17,18)2-1-3-20(12)11(21)22/h4-5H,1-3,6,19H2,(H,21,22)/t12-/m1/s1. The topological polar surface area (TPSA) is 66.6 Å². The third-order valence-corrected chi connectivity index (χ3v) is 3.86. The van der Waals surface area contributed by atoms with Gasteiger partial charge in [0.05, 0.1) is 0 Å². The first-order chi connectivity index (χ1) is 10.2. The average Bonchev–Trinajstić information content (AvgIpc) is 2.42. The number of hydrogen-bond acceptors (Lipinski definition) is 2. The number of likely N-dealkylation sites (tertiary alicyclic amines) is 1. The molecule has 0 saturated carbocycles. The molecule has 9 heteroatoms. The Balaban J connectivity index is 2.79. The normalized spacial score (nSPS) is 24.3. The monoisotopic (exact) mass is 324 g/mol. The number of rotatable bonds is 2. The lowest BCUT2D eigenvalue weighted by Gasteiger charge is -2.49. The fourth-order valence-corrected chi connectivity index (χ4v) is 2.81. The highest BCUT2D eigenvalue weighted by atomic mass is 19.3. The molecule has 1 saturated heterocycles. The number of anilines is 1. The van der Waals surface area contributed by atoms with E-state index in [-0.39, 0.29) is 11.3 Å². The predicted molar refractivity (Wildman–Crippen MR) is 67.3 cm³/mol. The Kier molecular flexibility index (Phi) is 3.92. The number of nitrogens with two attached hydrogens (primary N) is 1. The third kappa shape index (κ3) is 2.15. The predicted octanol–water partition coefficient (Wildman–Crippen LogP) is 3.12. The molecule has 1 aromatic rings. The SMILES string of the molecule is Nc1cc(F)c(F)c([C@@]2(CF)N(C(=O)O)CCCC2(F)F)c1. The zero-order valence-corrected chi connectivity index (χ0v) is 11.3. The summed E-state index contributed by atoms with van der Waals surface area (Å²) in [6.45, 7) is -2.34. The number of carboxylic acid groups (broad SMARTS) is 1. The zero-order valence-electron chi connectivity index (χ0n) is 11.3. The highest BCUT2D eigenvalue weighted by molar-refractivity contribution is 5.68. The maximum absolute atomic E-state index is 14.4. The highest BCUT2D eigenvalue weighted by Crippen LogP contribution is 2.50. The molecule has 1 fully saturated rings. The van der Waals surface area contributed by atoms with Crippen LogP contribution in [0.1, 0.15) is 18.4 Å². The molecule has 4 nitrogen and oxygen atoms in total. The second-order valence-electron chi connectivity index (χ2n) is 5.10. The van der Waals surface area contributed by atoms with Crippen molar-refractivity contribution in [3.63, 3.8) is 0 Å². The molecular weight excluding hydrogens is 311 g/mol. The number of carbonyl (C=O) groups is 1. The summed E-state index contributed by atoms with van der Waals surface area (Å²) in [5.41, 5.74) is 0.671. The lowest BCUT2D eigenvalue weighted by molar-refractivity contribution is -0.176. The summed E-state index contributed by atoms with van der Waals surface area (Å²) in [5.74, 6) is -7.20. The molecule has 0 aliphatic carbocycles. The van der Waals surface area contributed by atoms with Crippen molar-refractivity contribution in [2.45, 2.75) is 24.3 Å². The van der Waals surface area contributed by atoms with E-state index in [2.05, 4.69) is 0 Å². The molecule has 22 heavy (non-hydrogen) atoms. The van der Waals surface area contributed by atoms with Crippen LogP contribution in [0.4, 0.5) is 32.4 Å². The van der Waals surface area contributed by atoms with Crippen LogP contribution in [-0.4, -0.2) is 35.2 Å². The van der Waals surface area contributed by atoms with Gasteiger partial charge in [-0.3, -0.25) is 4.90 Å². The summed E-state index contributed by atoms with van der Waals surface area (Å²) < 4.78 is 70.0. The van der Waals surface area contributed by atoms with Crippen LogP contribution in [0.2, 0.25) is 0 Å². The summed E-state index contributed by atoms with van der Waals surface area (Å²) in [4.78, 5) is 11.4. The molecule has 2 rings (SSSR count). The minimum Gasteiger partial charge on any atom is -0.465 e. The largest absolute Gasteiger partial charge is 0.465 e. The minimum atomic E-state index is -3.92. The number of halogens is 5. The molecule has 1 heterocycles. The molecule has 1 aliphatic heterocycles. The molecule has 0 unspecified atom stereocenters. The maximum atomic E-state index is 14.4. The van der Waals surface area contributed by atoms with Crippen LogP contribution in [0, 0.1) is 11.6 Å². The van der Waals surface area contributed by atoms with Gasteiger partial charge in [0.1, 0.15) is 6.67 Å². The van der Waals surface area contributed by atoms with Crippen molar-refractivity contribution in [2.75, 3.05) is 19.0 Å². The lowest BCUT2D eigenvalue weighted by Crippen LogP contribution is -2.64. The van der Waals surface area contributed by atoms with Gasteiger partial charge in [-0.2, -0.15) is 0 Å². The van der Waals surface area contributed by atoms with Gasteiger partial charge in [-0.15, -0.1) is 0 Å². The number of alkyl halides is 3. The fourth-order valence-electron chi connectivity index (χ4n) is 2.81. The van der Waals surface area contributed by atoms with E-state index in [9.17, 15) is 26.7 Å². The summed E-state index contributed by atoms with van der Waals surface area (Å²) in [5, 5.41) is 9.11. The summed E-state index contributed by atoms with van der Waals surface area (Å²) >= 11 is 0. The van der Waals surface area contributed by atoms with Gasteiger partial charge in [0.2, 0.25) is 0 Å². The molecule has 1 aliphatic rings. The Morgan fingerprint density at radius 1 is 1.36 bits per heavy atom. The Morgan fingerprint density at radius 3 is 2.55 bits per heavy atom. The smallest absolute Gasteiger partial charge is 0.408 e. The fraction of sp³-hybridized carbons (Fsp3) is 0.462. The second-order valence-corrected chi connectivity index (χ2v) is 5.10. The van der Waals surface area contributed by atoms with E-state index in [0.717, 1.165) is 0 Å². The molecule has 0 spiro atoms. The summed E-state index contributed by atoms with van der Waals surface area (Å²) in [6, 6.07) is 1.20. The molecule has 0 bridgehead atoms. The Labute approximate surface area is 122 Å². The first-order valence-electron chi connectivity index (χ1n) is 6.36. The summed E-state index contributed by atoms with van der Waals surface area (Å²) in [6.07, 6.45) is -2.93. The van der Waals surface area contributed by atoms with Crippen molar-refractivity contribution in [2.24, 2.45) is 0 Å². The van der Waals surface area contributed by atoms with Crippen LogP contribution in [0.3, 0.4) is 0 Å². The van der Waals surface area contributed by atoms with Gasteiger partial charge in [0, 0.05) is 24.2 Å². The first kappa shape index (κ1) is 16.3. The highest BCUT2D eigenvalue weighted by Gasteiger charge is 2.63. The Bertz CT molecular complexity index is 610. The first-order valence-corrected chi connectivity index (χ1v) is 6.36. The molecular formula is C13H13F5N2O2. The minimum absolute atomic E-state index is 0.119. The number of nitrogens with zero attached hydrogens (tertiary/aromatic N) is 1.